The van der Waals surface area contributed by atoms with Crippen molar-refractivity contribution in [2.75, 3.05) is 19.5 Å². The van der Waals surface area contributed by atoms with Crippen LogP contribution in [-0.2, 0) is 17.6 Å². The van der Waals surface area contributed by atoms with Crippen LogP contribution in [0.1, 0.15) is 33.3 Å². The van der Waals surface area contributed by atoms with Gasteiger partial charge >= 0.3 is 5.97 Å². The van der Waals surface area contributed by atoms with Crippen LogP contribution in [0, 0.1) is 6.92 Å². The molecule has 7 heteroatoms. The van der Waals surface area contributed by atoms with E-state index in [-0.39, 0.29) is 17.9 Å². The average molecular weight is 363 g/mol. The first-order chi connectivity index (χ1) is 11.9. The van der Waals surface area contributed by atoms with Crippen molar-refractivity contribution in [1.82, 2.24) is 0 Å². The number of thiophene rings is 1. The fraction of sp³-hybridized carbons (Fsp3) is 0.333. The summed E-state index contributed by atoms with van der Waals surface area (Å²) in [4.78, 5) is 24.8. The summed E-state index contributed by atoms with van der Waals surface area (Å²) in [7, 11) is 3.07. The molecule has 0 unspecified atom stereocenters. The molecule has 0 radical (unpaired) electrons. The second kappa shape index (κ2) is 8.02. The lowest BCUT2D eigenvalue weighted by atomic mass is 10.1. The molecule has 0 spiro atoms. The molecule has 2 rings (SSSR count). The van der Waals surface area contributed by atoms with E-state index in [1.54, 1.807) is 25.3 Å². The van der Waals surface area contributed by atoms with Gasteiger partial charge in [-0.2, -0.15) is 0 Å². The Labute approximate surface area is 150 Å². The summed E-state index contributed by atoms with van der Waals surface area (Å²) < 4.78 is 10.4. The molecule has 25 heavy (non-hydrogen) atoms. The van der Waals surface area contributed by atoms with Crippen LogP contribution in [-0.4, -0.2) is 31.2 Å². The number of hydrogen-bond donors (Lipinski definition) is 2. The van der Waals surface area contributed by atoms with Crippen molar-refractivity contribution in [2.45, 2.75) is 26.7 Å². The fourth-order valence-electron chi connectivity index (χ4n) is 2.67. The minimum absolute atomic E-state index is 0.109. The van der Waals surface area contributed by atoms with E-state index in [0.29, 0.717) is 22.9 Å². The van der Waals surface area contributed by atoms with E-state index in [1.165, 1.54) is 18.4 Å². The normalized spacial score (nSPS) is 10.4. The van der Waals surface area contributed by atoms with Gasteiger partial charge in [-0.15, -0.1) is 11.3 Å². The highest BCUT2D eigenvalue weighted by atomic mass is 32.1. The Hall–Kier alpha value is -2.54. The first-order valence-electron chi connectivity index (χ1n) is 7.77. The Bertz CT molecular complexity index is 797. The summed E-state index contributed by atoms with van der Waals surface area (Å²) in [5, 5.41) is 12.6. The summed E-state index contributed by atoms with van der Waals surface area (Å²) in [5.41, 5.74) is 1.69. The number of ether oxygens (including phenoxy) is 2. The van der Waals surface area contributed by atoms with Crippen LogP contribution < -0.4 is 14.8 Å². The Balaban J connectivity index is 2.20. The molecular weight excluding hydrogens is 342 g/mol. The maximum Gasteiger partial charge on any atom is 0.339 e. The maximum absolute atomic E-state index is 12.4. The van der Waals surface area contributed by atoms with E-state index in [2.05, 4.69) is 5.32 Å². The molecule has 2 N–H and O–H groups in total. The van der Waals surface area contributed by atoms with Crippen LogP contribution in [0.2, 0.25) is 0 Å². The van der Waals surface area contributed by atoms with Crippen LogP contribution in [0.3, 0.4) is 0 Å². The predicted molar refractivity (Wildman–Crippen MR) is 97.3 cm³/mol. The highest BCUT2D eigenvalue weighted by Gasteiger charge is 2.22. The molecular formula is C18H21NO5S. The van der Waals surface area contributed by atoms with Gasteiger partial charge in [-0.05, 0) is 36.6 Å². The van der Waals surface area contributed by atoms with Crippen molar-refractivity contribution < 1.29 is 24.2 Å². The van der Waals surface area contributed by atoms with Gasteiger partial charge < -0.3 is 19.9 Å². The number of carboxylic acid groups (broad SMARTS) is 1. The number of rotatable bonds is 7. The Morgan fingerprint density at radius 2 is 1.88 bits per heavy atom. The van der Waals surface area contributed by atoms with Crippen molar-refractivity contribution in [1.29, 1.82) is 0 Å². The zero-order valence-corrected chi connectivity index (χ0v) is 15.5. The van der Waals surface area contributed by atoms with Crippen molar-refractivity contribution in [3.8, 4) is 11.5 Å². The first-order valence-corrected chi connectivity index (χ1v) is 8.59. The Morgan fingerprint density at radius 3 is 2.44 bits per heavy atom. The summed E-state index contributed by atoms with van der Waals surface area (Å²) in [6.45, 7) is 3.76. The Kier molecular flexibility index (Phi) is 6.03. The minimum Gasteiger partial charge on any atom is -0.493 e. The quantitative estimate of drug-likeness (QED) is 0.786. The molecule has 0 aliphatic carbocycles. The van der Waals surface area contributed by atoms with Crippen molar-refractivity contribution in [3.63, 3.8) is 0 Å². The molecule has 0 atom stereocenters. The van der Waals surface area contributed by atoms with E-state index in [9.17, 15) is 14.7 Å². The number of carboxylic acids is 1. The van der Waals surface area contributed by atoms with Gasteiger partial charge in [0.2, 0.25) is 5.91 Å². The third kappa shape index (κ3) is 4.11. The molecule has 0 bridgehead atoms. The van der Waals surface area contributed by atoms with Gasteiger partial charge in [-0.3, -0.25) is 4.79 Å². The standard InChI is InChI=1S/C18H21NO5S/c1-5-12-10(2)25-17(16(12)18(21)22)19-15(20)9-11-6-7-13(23-3)14(8-11)24-4/h6-8H,5,9H2,1-4H3,(H,19,20)(H,21,22). The molecule has 0 aliphatic rings. The number of nitrogens with one attached hydrogen (secondary N) is 1. The number of carbonyl (C=O) groups excluding carboxylic acids is 1. The fourth-order valence-corrected chi connectivity index (χ4v) is 3.82. The zero-order chi connectivity index (χ0) is 18.6. The monoisotopic (exact) mass is 363 g/mol. The number of amides is 1. The molecule has 2 aromatic rings. The van der Waals surface area contributed by atoms with Crippen LogP contribution >= 0.6 is 11.3 Å². The molecule has 0 saturated heterocycles. The molecule has 1 amide bonds. The van der Waals surface area contributed by atoms with Gasteiger partial charge in [-0.1, -0.05) is 13.0 Å². The van der Waals surface area contributed by atoms with E-state index in [0.717, 1.165) is 16.0 Å². The number of methoxy groups -OCH3 is 2. The van der Waals surface area contributed by atoms with Crippen molar-refractivity contribution in [3.05, 3.63) is 39.8 Å². The number of aryl methyl sites for hydroxylation is 1. The van der Waals surface area contributed by atoms with E-state index in [4.69, 9.17) is 9.47 Å². The summed E-state index contributed by atoms with van der Waals surface area (Å²) in [6, 6.07) is 5.23. The van der Waals surface area contributed by atoms with Gasteiger partial charge in [0.15, 0.2) is 11.5 Å². The van der Waals surface area contributed by atoms with Crippen LogP contribution in [0.5, 0.6) is 11.5 Å². The summed E-state index contributed by atoms with van der Waals surface area (Å²) >= 11 is 1.29. The third-order valence-corrected chi connectivity index (χ3v) is 4.90. The number of hydrogen-bond acceptors (Lipinski definition) is 5. The van der Waals surface area contributed by atoms with E-state index in [1.807, 2.05) is 13.8 Å². The molecule has 1 aromatic carbocycles. The van der Waals surface area contributed by atoms with Gasteiger partial charge in [0.05, 0.1) is 26.2 Å². The minimum atomic E-state index is -1.03. The SMILES string of the molecule is CCc1c(C)sc(NC(=O)Cc2ccc(OC)c(OC)c2)c1C(=O)O. The second-order valence-electron chi connectivity index (χ2n) is 5.41. The van der Waals surface area contributed by atoms with E-state index < -0.39 is 5.97 Å². The molecule has 1 aromatic heterocycles. The lowest BCUT2D eigenvalue weighted by molar-refractivity contribution is -0.115. The van der Waals surface area contributed by atoms with Crippen molar-refractivity contribution in [2.24, 2.45) is 0 Å². The molecule has 134 valence electrons. The number of aromatic carboxylic acids is 1. The Morgan fingerprint density at radius 1 is 1.20 bits per heavy atom. The number of anilines is 1. The van der Waals surface area contributed by atoms with Gasteiger partial charge in [0.1, 0.15) is 5.00 Å². The molecule has 0 fully saturated rings. The molecule has 6 nitrogen and oxygen atoms in total. The highest BCUT2D eigenvalue weighted by Crippen LogP contribution is 2.34. The summed E-state index contributed by atoms with van der Waals surface area (Å²) in [6.07, 6.45) is 0.716. The van der Waals surface area contributed by atoms with Gasteiger partial charge in [0, 0.05) is 4.88 Å². The third-order valence-electron chi connectivity index (χ3n) is 3.84. The molecule has 0 aliphatic heterocycles. The molecule has 0 saturated carbocycles. The van der Waals surface area contributed by atoms with Crippen molar-refractivity contribution >= 4 is 28.2 Å². The van der Waals surface area contributed by atoms with E-state index >= 15 is 0 Å². The average Bonchev–Trinajstić information content (AvgIpc) is 2.89. The topological polar surface area (TPSA) is 84.9 Å². The predicted octanol–water partition coefficient (Wildman–Crippen LogP) is 3.52. The lowest BCUT2D eigenvalue weighted by Crippen LogP contribution is -2.16. The van der Waals surface area contributed by atoms with Gasteiger partial charge in [-0.25, -0.2) is 4.79 Å². The zero-order valence-electron chi connectivity index (χ0n) is 14.6. The number of benzene rings is 1. The van der Waals surface area contributed by atoms with Crippen LogP contribution in [0.15, 0.2) is 18.2 Å². The highest BCUT2D eigenvalue weighted by molar-refractivity contribution is 7.16. The van der Waals surface area contributed by atoms with Gasteiger partial charge in [0.25, 0.3) is 0 Å². The van der Waals surface area contributed by atoms with Crippen LogP contribution in [0.25, 0.3) is 0 Å². The first kappa shape index (κ1) is 18.8. The maximum atomic E-state index is 12.4. The van der Waals surface area contributed by atoms with Crippen LogP contribution in [0.4, 0.5) is 5.00 Å². The second-order valence-corrected chi connectivity index (χ2v) is 6.64. The molecule has 1 heterocycles. The smallest absolute Gasteiger partial charge is 0.339 e. The number of carbonyl (C=O) groups is 2. The summed E-state index contributed by atoms with van der Waals surface area (Å²) in [5.74, 6) is -0.179. The lowest BCUT2D eigenvalue weighted by Gasteiger charge is -2.10. The largest absolute Gasteiger partial charge is 0.493 e.